The summed E-state index contributed by atoms with van der Waals surface area (Å²) >= 11 is 3.42. The average molecular weight is 405 g/mol. The highest BCUT2D eigenvalue weighted by atomic mass is 79.9. The Labute approximate surface area is 156 Å². The Balaban J connectivity index is 1.88. The van der Waals surface area contributed by atoms with Crippen LogP contribution in [-0.4, -0.2) is 33.2 Å². The van der Waals surface area contributed by atoms with Gasteiger partial charge in [-0.05, 0) is 53.0 Å². The van der Waals surface area contributed by atoms with Crippen molar-refractivity contribution in [3.05, 3.63) is 46.4 Å². The number of benzene rings is 2. The first kappa shape index (κ1) is 17.6. The number of methoxy groups -OCH3 is 2. The molecule has 132 valence electrons. The van der Waals surface area contributed by atoms with Crippen LogP contribution >= 0.6 is 15.9 Å². The van der Waals surface area contributed by atoms with Crippen molar-refractivity contribution in [1.82, 2.24) is 0 Å². The zero-order valence-corrected chi connectivity index (χ0v) is 15.9. The van der Waals surface area contributed by atoms with Crippen LogP contribution in [0, 0.1) is 0 Å². The van der Waals surface area contributed by atoms with E-state index in [0.29, 0.717) is 21.5 Å². The molecule has 0 unspecified atom stereocenters. The van der Waals surface area contributed by atoms with Crippen molar-refractivity contribution in [2.24, 2.45) is 0 Å². The van der Waals surface area contributed by atoms with Gasteiger partial charge in [-0.25, -0.2) is 0 Å². The lowest BCUT2D eigenvalue weighted by molar-refractivity contribution is 0.102. The van der Waals surface area contributed by atoms with Gasteiger partial charge >= 0.3 is 0 Å². The highest BCUT2D eigenvalue weighted by Gasteiger charge is 2.19. The number of carbonyl (C=O) groups excluding carboxylic acids is 1. The van der Waals surface area contributed by atoms with Crippen LogP contribution in [-0.2, 0) is 0 Å². The van der Waals surface area contributed by atoms with Gasteiger partial charge in [0.1, 0.15) is 16.0 Å². The maximum atomic E-state index is 12.8. The Morgan fingerprint density at radius 2 is 1.68 bits per heavy atom. The summed E-state index contributed by atoms with van der Waals surface area (Å²) in [5, 5.41) is 3.02. The van der Waals surface area contributed by atoms with Crippen LogP contribution in [0.2, 0.25) is 0 Å². The predicted octanol–water partition coefficient (Wildman–Crippen LogP) is 4.32. The summed E-state index contributed by atoms with van der Waals surface area (Å²) in [4.78, 5) is 15.1. The maximum absolute atomic E-state index is 12.8. The topological polar surface area (TPSA) is 50.8 Å². The first-order chi connectivity index (χ1) is 12.1. The van der Waals surface area contributed by atoms with E-state index in [1.807, 2.05) is 24.3 Å². The van der Waals surface area contributed by atoms with E-state index in [2.05, 4.69) is 26.1 Å². The van der Waals surface area contributed by atoms with Gasteiger partial charge in [-0.15, -0.1) is 0 Å². The van der Waals surface area contributed by atoms with Gasteiger partial charge in [0.15, 0.2) is 0 Å². The summed E-state index contributed by atoms with van der Waals surface area (Å²) in [5.74, 6) is 0.908. The summed E-state index contributed by atoms with van der Waals surface area (Å²) in [6.07, 6.45) is 2.37. The lowest BCUT2D eigenvalue weighted by Crippen LogP contribution is -2.21. The van der Waals surface area contributed by atoms with Crippen molar-refractivity contribution in [3.8, 4) is 11.5 Å². The van der Waals surface area contributed by atoms with Crippen LogP contribution in [0.3, 0.4) is 0 Å². The molecule has 2 aromatic rings. The van der Waals surface area contributed by atoms with E-state index in [0.717, 1.165) is 24.5 Å². The summed E-state index contributed by atoms with van der Waals surface area (Å²) < 4.78 is 11.3. The third kappa shape index (κ3) is 3.74. The third-order valence-electron chi connectivity index (χ3n) is 4.31. The van der Waals surface area contributed by atoms with Crippen LogP contribution in [0.25, 0.3) is 0 Å². The number of ether oxygens (including phenoxy) is 2. The average Bonchev–Trinajstić information content (AvgIpc) is 3.16. The number of nitrogens with zero attached hydrogens (tertiary/aromatic N) is 1. The lowest BCUT2D eigenvalue weighted by atomic mass is 10.1. The number of nitrogens with one attached hydrogen (secondary N) is 1. The smallest absolute Gasteiger partial charge is 0.255 e. The molecule has 1 N–H and O–H groups in total. The summed E-state index contributed by atoms with van der Waals surface area (Å²) in [7, 11) is 3.12. The number of hydrogen-bond acceptors (Lipinski definition) is 4. The summed E-state index contributed by atoms with van der Waals surface area (Å²) in [6.45, 7) is 2.04. The fourth-order valence-corrected chi connectivity index (χ4v) is 3.56. The van der Waals surface area contributed by atoms with Crippen molar-refractivity contribution in [3.63, 3.8) is 0 Å². The van der Waals surface area contributed by atoms with E-state index in [1.165, 1.54) is 12.8 Å². The Morgan fingerprint density at radius 3 is 2.28 bits per heavy atom. The molecule has 0 radical (unpaired) electrons. The Morgan fingerprint density at radius 1 is 1.08 bits per heavy atom. The first-order valence-electron chi connectivity index (χ1n) is 8.21. The number of amides is 1. The van der Waals surface area contributed by atoms with Crippen LogP contribution in [0.5, 0.6) is 11.5 Å². The van der Waals surface area contributed by atoms with E-state index in [1.54, 1.807) is 26.4 Å². The Hall–Kier alpha value is -2.21. The molecule has 1 saturated heterocycles. The van der Waals surface area contributed by atoms with E-state index in [9.17, 15) is 4.79 Å². The molecular formula is C19H21BrN2O3. The van der Waals surface area contributed by atoms with E-state index < -0.39 is 0 Å². The fourth-order valence-electron chi connectivity index (χ4n) is 3.01. The molecular weight excluding hydrogens is 384 g/mol. The molecule has 5 nitrogen and oxygen atoms in total. The molecule has 0 bridgehead atoms. The molecule has 1 amide bonds. The SMILES string of the molecule is COc1cc(C(=O)Nc2ccccc2N2CCCC2)cc(OC)c1Br. The molecule has 1 aliphatic heterocycles. The molecule has 0 atom stereocenters. The summed E-state index contributed by atoms with van der Waals surface area (Å²) in [5.41, 5.74) is 2.35. The third-order valence-corrected chi connectivity index (χ3v) is 5.09. The number of carbonyl (C=O) groups is 1. The molecule has 0 aromatic heterocycles. The van der Waals surface area contributed by atoms with Crippen LogP contribution in [0.4, 0.5) is 11.4 Å². The van der Waals surface area contributed by atoms with Crippen molar-refractivity contribution >= 4 is 33.2 Å². The van der Waals surface area contributed by atoms with Gasteiger partial charge in [0.05, 0.1) is 25.6 Å². The second-order valence-corrected chi connectivity index (χ2v) is 6.65. The number of rotatable bonds is 5. The molecule has 0 spiro atoms. The normalized spacial score (nSPS) is 13.6. The van der Waals surface area contributed by atoms with E-state index in [4.69, 9.17) is 9.47 Å². The van der Waals surface area contributed by atoms with Crippen molar-refractivity contribution in [2.45, 2.75) is 12.8 Å². The second-order valence-electron chi connectivity index (χ2n) is 5.86. The molecule has 25 heavy (non-hydrogen) atoms. The monoisotopic (exact) mass is 404 g/mol. The highest BCUT2D eigenvalue weighted by molar-refractivity contribution is 9.10. The van der Waals surface area contributed by atoms with E-state index in [-0.39, 0.29) is 5.91 Å². The first-order valence-corrected chi connectivity index (χ1v) is 9.00. The van der Waals surface area contributed by atoms with Gasteiger partial charge in [0, 0.05) is 18.7 Å². The lowest BCUT2D eigenvalue weighted by Gasteiger charge is -2.21. The minimum Gasteiger partial charge on any atom is -0.495 e. The molecule has 3 rings (SSSR count). The van der Waals surface area contributed by atoms with Gasteiger partial charge in [-0.3, -0.25) is 4.79 Å². The Bertz CT molecular complexity index is 748. The Kier molecular flexibility index (Phi) is 5.48. The van der Waals surface area contributed by atoms with Gasteiger partial charge in [0.2, 0.25) is 0 Å². The number of halogens is 1. The molecule has 1 fully saturated rings. The van der Waals surface area contributed by atoms with Crippen LogP contribution in [0.1, 0.15) is 23.2 Å². The standard InChI is InChI=1S/C19H21BrN2O3/c1-24-16-11-13(12-17(25-2)18(16)20)19(23)21-14-7-3-4-8-15(14)22-9-5-6-10-22/h3-4,7-8,11-12H,5-6,9-10H2,1-2H3,(H,21,23). The molecule has 1 heterocycles. The maximum Gasteiger partial charge on any atom is 0.255 e. The van der Waals surface area contributed by atoms with Crippen LogP contribution in [0.15, 0.2) is 40.9 Å². The second kappa shape index (κ2) is 7.78. The molecule has 6 heteroatoms. The summed E-state index contributed by atoms with van der Waals surface area (Å²) in [6, 6.07) is 11.3. The number of para-hydroxylation sites is 2. The van der Waals surface area contributed by atoms with Crippen LogP contribution < -0.4 is 19.7 Å². The van der Waals surface area contributed by atoms with Crippen molar-refractivity contribution < 1.29 is 14.3 Å². The van der Waals surface area contributed by atoms with Gasteiger partial charge in [0.25, 0.3) is 5.91 Å². The van der Waals surface area contributed by atoms with E-state index >= 15 is 0 Å². The quantitative estimate of drug-likeness (QED) is 0.805. The number of hydrogen-bond donors (Lipinski definition) is 1. The minimum atomic E-state index is -0.198. The van der Waals surface area contributed by atoms with Crippen molar-refractivity contribution in [2.75, 3.05) is 37.5 Å². The number of anilines is 2. The molecule has 0 aliphatic carbocycles. The molecule has 0 saturated carbocycles. The largest absolute Gasteiger partial charge is 0.495 e. The molecule has 1 aliphatic rings. The fraction of sp³-hybridized carbons (Fsp3) is 0.316. The van der Waals surface area contributed by atoms with Crippen molar-refractivity contribution in [1.29, 1.82) is 0 Å². The zero-order valence-electron chi connectivity index (χ0n) is 14.3. The molecule has 2 aromatic carbocycles. The zero-order chi connectivity index (χ0) is 17.8. The highest BCUT2D eigenvalue weighted by Crippen LogP contribution is 2.36. The predicted molar refractivity (Wildman–Crippen MR) is 103 cm³/mol. The van der Waals surface area contributed by atoms with Gasteiger partial charge < -0.3 is 19.7 Å². The van der Waals surface area contributed by atoms with Gasteiger partial charge in [-0.1, -0.05) is 12.1 Å². The minimum absolute atomic E-state index is 0.198. The van der Waals surface area contributed by atoms with Gasteiger partial charge in [-0.2, -0.15) is 0 Å².